The molecule has 0 aromatic carbocycles. The predicted molar refractivity (Wildman–Crippen MR) is 67.0 cm³/mol. The first-order valence-electron chi connectivity index (χ1n) is 6.01. The van der Waals surface area contributed by atoms with E-state index in [0.29, 0.717) is 12.0 Å². The van der Waals surface area contributed by atoms with E-state index in [1.54, 1.807) is 0 Å². The van der Waals surface area contributed by atoms with Gasteiger partial charge in [-0.25, -0.2) is 4.98 Å². The highest BCUT2D eigenvalue weighted by Gasteiger charge is 2.20. The monoisotopic (exact) mass is 220 g/mol. The summed E-state index contributed by atoms with van der Waals surface area (Å²) in [5.74, 6) is 1.77. The molecule has 2 heterocycles. The molecule has 1 atom stereocenters. The van der Waals surface area contributed by atoms with Crippen LogP contribution in [0.15, 0.2) is 6.07 Å². The lowest BCUT2D eigenvalue weighted by atomic mass is 10.0. The minimum Gasteiger partial charge on any atom is -0.357 e. The van der Waals surface area contributed by atoms with E-state index in [9.17, 15) is 0 Å². The summed E-state index contributed by atoms with van der Waals surface area (Å²) in [6.45, 7) is 5.40. The fourth-order valence-corrected chi connectivity index (χ4v) is 2.25. The zero-order valence-electron chi connectivity index (χ0n) is 10.3. The summed E-state index contributed by atoms with van der Waals surface area (Å²) in [7, 11) is 1.86. The molecule has 1 aliphatic heterocycles. The van der Waals surface area contributed by atoms with E-state index >= 15 is 0 Å². The molecular formula is C12H20N4. The Morgan fingerprint density at radius 2 is 2.19 bits per heavy atom. The number of aromatic nitrogens is 2. The average Bonchev–Trinajstić information content (AvgIpc) is 2.28. The molecular weight excluding hydrogens is 200 g/mol. The Labute approximate surface area is 97.1 Å². The molecule has 4 heteroatoms. The molecule has 0 aliphatic carbocycles. The average molecular weight is 220 g/mol. The molecule has 1 N–H and O–H groups in total. The van der Waals surface area contributed by atoms with Gasteiger partial charge in [-0.05, 0) is 33.1 Å². The van der Waals surface area contributed by atoms with Crippen molar-refractivity contribution in [2.75, 3.05) is 23.8 Å². The molecule has 0 amide bonds. The van der Waals surface area contributed by atoms with Gasteiger partial charge in [-0.15, -0.1) is 0 Å². The molecule has 1 saturated heterocycles. The summed E-state index contributed by atoms with van der Waals surface area (Å²) >= 11 is 0. The molecule has 1 aliphatic rings. The van der Waals surface area contributed by atoms with Crippen molar-refractivity contribution in [3.8, 4) is 0 Å². The maximum atomic E-state index is 4.53. The van der Waals surface area contributed by atoms with Crippen molar-refractivity contribution >= 4 is 11.8 Å². The molecule has 4 nitrogen and oxygen atoms in total. The second-order valence-electron chi connectivity index (χ2n) is 4.48. The summed E-state index contributed by atoms with van der Waals surface area (Å²) in [5.41, 5.74) is 1.02. The third-order valence-electron chi connectivity index (χ3n) is 3.16. The van der Waals surface area contributed by atoms with E-state index in [-0.39, 0.29) is 0 Å². The van der Waals surface area contributed by atoms with E-state index in [2.05, 4.69) is 33.2 Å². The lowest BCUT2D eigenvalue weighted by molar-refractivity contribution is 0.481. The van der Waals surface area contributed by atoms with Crippen molar-refractivity contribution < 1.29 is 0 Å². The second kappa shape index (κ2) is 4.68. The van der Waals surface area contributed by atoms with Crippen LogP contribution in [-0.4, -0.2) is 29.6 Å². The number of hydrogen-bond acceptors (Lipinski definition) is 4. The van der Waals surface area contributed by atoms with Gasteiger partial charge < -0.3 is 10.2 Å². The second-order valence-corrected chi connectivity index (χ2v) is 4.48. The van der Waals surface area contributed by atoms with Crippen molar-refractivity contribution in [3.63, 3.8) is 0 Å². The summed E-state index contributed by atoms with van der Waals surface area (Å²) in [5, 5.41) is 3.01. The summed E-state index contributed by atoms with van der Waals surface area (Å²) < 4.78 is 0. The molecule has 1 fully saturated rings. The van der Waals surface area contributed by atoms with Gasteiger partial charge in [0.25, 0.3) is 0 Å². The maximum Gasteiger partial charge on any atom is 0.224 e. The van der Waals surface area contributed by atoms with Crippen molar-refractivity contribution in [1.82, 2.24) is 9.97 Å². The summed E-state index contributed by atoms with van der Waals surface area (Å²) in [6, 6.07) is 2.66. The zero-order valence-corrected chi connectivity index (χ0v) is 10.3. The van der Waals surface area contributed by atoms with Crippen molar-refractivity contribution in [3.05, 3.63) is 11.8 Å². The maximum absolute atomic E-state index is 4.53. The highest BCUT2D eigenvalue weighted by molar-refractivity contribution is 5.45. The van der Waals surface area contributed by atoms with E-state index < -0.39 is 0 Å². The Bertz CT molecular complexity index is 364. The lowest BCUT2D eigenvalue weighted by Crippen LogP contribution is -2.38. The first kappa shape index (κ1) is 11.2. The van der Waals surface area contributed by atoms with Gasteiger partial charge in [-0.1, -0.05) is 0 Å². The standard InChI is InChI=1S/C12H20N4/c1-9-8-11(15-12(13-3)14-9)16-7-5-4-6-10(16)2/h8,10H,4-7H2,1-3H3,(H,13,14,15). The minimum absolute atomic E-state index is 0.591. The van der Waals surface area contributed by atoms with Gasteiger partial charge in [0.15, 0.2) is 0 Å². The zero-order chi connectivity index (χ0) is 11.5. The smallest absolute Gasteiger partial charge is 0.224 e. The van der Waals surface area contributed by atoms with Crippen molar-refractivity contribution in [2.24, 2.45) is 0 Å². The summed E-state index contributed by atoms with van der Waals surface area (Å²) in [4.78, 5) is 11.2. The van der Waals surface area contributed by atoms with Gasteiger partial charge in [-0.2, -0.15) is 4.98 Å². The quantitative estimate of drug-likeness (QED) is 0.829. The largest absolute Gasteiger partial charge is 0.357 e. The Morgan fingerprint density at radius 3 is 2.88 bits per heavy atom. The topological polar surface area (TPSA) is 41.1 Å². The third-order valence-corrected chi connectivity index (χ3v) is 3.16. The van der Waals surface area contributed by atoms with Gasteiger partial charge in [0.2, 0.25) is 5.95 Å². The molecule has 0 saturated carbocycles. The van der Waals surface area contributed by atoms with Crippen molar-refractivity contribution in [2.45, 2.75) is 39.2 Å². The number of anilines is 2. The number of hydrogen-bond donors (Lipinski definition) is 1. The molecule has 1 aromatic heterocycles. The molecule has 16 heavy (non-hydrogen) atoms. The number of rotatable bonds is 2. The number of nitrogens with one attached hydrogen (secondary N) is 1. The number of aryl methyl sites for hydroxylation is 1. The molecule has 88 valence electrons. The van der Waals surface area contributed by atoms with Crippen LogP contribution in [0.4, 0.5) is 11.8 Å². The Morgan fingerprint density at radius 1 is 1.38 bits per heavy atom. The molecule has 2 rings (SSSR count). The van der Waals surface area contributed by atoms with Gasteiger partial charge in [0.05, 0.1) is 0 Å². The van der Waals surface area contributed by atoms with Gasteiger partial charge in [0.1, 0.15) is 5.82 Å². The normalized spacial score (nSPS) is 20.9. The summed E-state index contributed by atoms with van der Waals surface area (Å²) in [6.07, 6.45) is 3.86. The first-order valence-corrected chi connectivity index (χ1v) is 6.01. The van der Waals surface area contributed by atoms with Crippen LogP contribution in [0.1, 0.15) is 31.9 Å². The Kier molecular flexibility index (Phi) is 3.27. The highest BCUT2D eigenvalue weighted by atomic mass is 15.2. The van der Waals surface area contributed by atoms with Crippen LogP contribution >= 0.6 is 0 Å². The van der Waals surface area contributed by atoms with E-state index in [4.69, 9.17) is 0 Å². The van der Waals surface area contributed by atoms with Gasteiger partial charge in [0, 0.05) is 31.4 Å². The number of piperidine rings is 1. The van der Waals surface area contributed by atoms with Crippen molar-refractivity contribution in [1.29, 1.82) is 0 Å². The molecule has 0 bridgehead atoms. The third kappa shape index (κ3) is 2.26. The van der Waals surface area contributed by atoms with Crippen LogP contribution in [0.25, 0.3) is 0 Å². The molecule has 0 radical (unpaired) electrons. The predicted octanol–water partition coefficient (Wildman–Crippen LogP) is 2.21. The Balaban J connectivity index is 2.27. The van der Waals surface area contributed by atoms with Crippen LogP contribution < -0.4 is 10.2 Å². The van der Waals surface area contributed by atoms with E-state index in [1.165, 1.54) is 19.3 Å². The van der Waals surface area contributed by atoms with Crippen LogP contribution in [0.2, 0.25) is 0 Å². The highest BCUT2D eigenvalue weighted by Crippen LogP contribution is 2.23. The van der Waals surface area contributed by atoms with Crippen LogP contribution in [0, 0.1) is 6.92 Å². The molecule has 1 unspecified atom stereocenters. The van der Waals surface area contributed by atoms with E-state index in [1.807, 2.05) is 14.0 Å². The fraction of sp³-hybridized carbons (Fsp3) is 0.667. The molecule has 0 spiro atoms. The van der Waals surface area contributed by atoms with Crippen LogP contribution in [0.5, 0.6) is 0 Å². The SMILES string of the molecule is CNc1nc(C)cc(N2CCCCC2C)n1. The van der Waals surface area contributed by atoms with Gasteiger partial charge in [-0.3, -0.25) is 0 Å². The minimum atomic E-state index is 0.591. The van der Waals surface area contributed by atoms with Gasteiger partial charge >= 0.3 is 0 Å². The van der Waals surface area contributed by atoms with Crippen LogP contribution in [-0.2, 0) is 0 Å². The molecule has 1 aromatic rings. The Hall–Kier alpha value is -1.32. The number of nitrogens with zero attached hydrogens (tertiary/aromatic N) is 3. The lowest BCUT2D eigenvalue weighted by Gasteiger charge is -2.34. The van der Waals surface area contributed by atoms with E-state index in [0.717, 1.165) is 18.1 Å². The van der Waals surface area contributed by atoms with Crippen LogP contribution in [0.3, 0.4) is 0 Å². The fourth-order valence-electron chi connectivity index (χ4n) is 2.25. The first-order chi connectivity index (χ1) is 7.70.